The molecule has 28 heavy (non-hydrogen) atoms. The molecule has 0 spiro atoms. The van der Waals surface area contributed by atoms with Crippen LogP contribution in [0.2, 0.25) is 0 Å². The van der Waals surface area contributed by atoms with Gasteiger partial charge in [0.1, 0.15) is 0 Å². The predicted octanol–water partition coefficient (Wildman–Crippen LogP) is 2.25. The maximum Gasteiger partial charge on any atom is 0.345 e. The lowest BCUT2D eigenvalue weighted by Crippen LogP contribution is -2.18. The summed E-state index contributed by atoms with van der Waals surface area (Å²) in [6.07, 6.45) is 0.266. The monoisotopic (exact) mass is 399 g/mol. The van der Waals surface area contributed by atoms with Gasteiger partial charge in [0.25, 0.3) is 5.56 Å². The summed E-state index contributed by atoms with van der Waals surface area (Å²) in [6, 6.07) is 7.04. The minimum atomic E-state index is -0.537. The second kappa shape index (κ2) is 7.10. The van der Waals surface area contributed by atoms with Crippen molar-refractivity contribution < 1.29 is 14.3 Å². The van der Waals surface area contributed by atoms with Gasteiger partial charge in [-0.1, -0.05) is 12.1 Å². The van der Waals surface area contributed by atoms with Crippen LogP contribution in [0.5, 0.6) is 5.75 Å². The molecule has 4 rings (SSSR count). The lowest BCUT2D eigenvalue weighted by atomic mass is 10.1. The van der Waals surface area contributed by atoms with Crippen molar-refractivity contribution in [3.05, 3.63) is 61.7 Å². The molecule has 144 valence electrons. The van der Waals surface area contributed by atoms with Crippen molar-refractivity contribution in [3.8, 4) is 22.1 Å². The number of aliphatic hydroxyl groups excluding tert-OH is 1. The van der Waals surface area contributed by atoms with Crippen molar-refractivity contribution in [1.29, 1.82) is 0 Å². The highest BCUT2D eigenvalue weighted by Gasteiger charge is 2.17. The molecule has 8 nitrogen and oxygen atoms in total. The van der Waals surface area contributed by atoms with E-state index in [1.165, 1.54) is 23.1 Å². The molecule has 0 radical (unpaired) electrons. The molecule has 0 unspecified atom stereocenters. The van der Waals surface area contributed by atoms with Gasteiger partial charge >= 0.3 is 5.63 Å². The summed E-state index contributed by atoms with van der Waals surface area (Å²) in [5.41, 5.74) is 1.48. The van der Waals surface area contributed by atoms with Crippen molar-refractivity contribution in [2.24, 2.45) is 0 Å². The summed E-state index contributed by atoms with van der Waals surface area (Å²) < 4.78 is 12.0. The van der Waals surface area contributed by atoms with E-state index < -0.39 is 5.63 Å². The standard InChI is InChI=1S/C19H17N3O5S/c1-10-12(6-7-23)17(24)22(21-10)19-20-14(9-28-19)13-8-11-4-3-5-15(26-2)16(11)27-18(13)25/h3-5,8-9,21,23H,6-7H2,1-2H3. The van der Waals surface area contributed by atoms with Crippen molar-refractivity contribution in [2.75, 3.05) is 13.7 Å². The molecule has 3 heterocycles. The van der Waals surface area contributed by atoms with Crippen molar-refractivity contribution in [2.45, 2.75) is 13.3 Å². The van der Waals surface area contributed by atoms with Crippen LogP contribution in [0.3, 0.4) is 0 Å². The number of ether oxygens (including phenoxy) is 1. The van der Waals surface area contributed by atoms with Crippen LogP contribution < -0.4 is 15.9 Å². The number of nitrogens with zero attached hydrogens (tertiary/aromatic N) is 2. The highest BCUT2D eigenvalue weighted by atomic mass is 32.1. The fourth-order valence-electron chi connectivity index (χ4n) is 3.07. The van der Waals surface area contributed by atoms with E-state index in [0.717, 1.165) is 0 Å². The first-order valence-corrected chi connectivity index (χ1v) is 9.40. The summed E-state index contributed by atoms with van der Waals surface area (Å²) >= 11 is 1.23. The number of benzene rings is 1. The molecule has 0 amide bonds. The fraction of sp³-hybridized carbons (Fsp3) is 0.211. The van der Waals surface area contributed by atoms with Gasteiger partial charge in [0.15, 0.2) is 11.3 Å². The molecule has 0 bridgehead atoms. The second-order valence-electron chi connectivity index (χ2n) is 6.17. The molecule has 3 aromatic heterocycles. The van der Waals surface area contributed by atoms with Crippen LogP contribution in [-0.2, 0) is 6.42 Å². The minimum Gasteiger partial charge on any atom is -0.493 e. The summed E-state index contributed by atoms with van der Waals surface area (Å²) in [4.78, 5) is 29.5. The summed E-state index contributed by atoms with van der Waals surface area (Å²) in [5, 5.41) is 14.9. The first-order valence-electron chi connectivity index (χ1n) is 8.52. The Morgan fingerprint density at radius 1 is 1.36 bits per heavy atom. The molecule has 0 saturated heterocycles. The van der Waals surface area contributed by atoms with Crippen LogP contribution in [0, 0.1) is 6.92 Å². The first-order chi connectivity index (χ1) is 13.5. The molecule has 0 atom stereocenters. The van der Waals surface area contributed by atoms with Crippen molar-refractivity contribution in [3.63, 3.8) is 0 Å². The number of aromatic nitrogens is 3. The van der Waals surface area contributed by atoms with Crippen LogP contribution in [0.1, 0.15) is 11.3 Å². The SMILES string of the molecule is COc1cccc2cc(-c3csc(-n4[nH]c(C)c(CCO)c4=O)n3)c(=O)oc12. The number of aromatic amines is 1. The number of rotatable bonds is 5. The van der Waals surface area contributed by atoms with Gasteiger partial charge in [-0.05, 0) is 19.1 Å². The van der Waals surface area contributed by atoms with Crippen LogP contribution >= 0.6 is 11.3 Å². The van der Waals surface area contributed by atoms with Crippen molar-refractivity contribution in [1.82, 2.24) is 14.8 Å². The summed E-state index contributed by atoms with van der Waals surface area (Å²) in [6.45, 7) is 1.65. The van der Waals surface area contributed by atoms with E-state index in [9.17, 15) is 9.59 Å². The number of para-hydroxylation sites is 1. The Morgan fingerprint density at radius 3 is 2.93 bits per heavy atom. The van der Waals surface area contributed by atoms with Gasteiger partial charge in [-0.2, -0.15) is 4.68 Å². The molecule has 2 N–H and O–H groups in total. The van der Waals surface area contributed by atoms with Gasteiger partial charge in [0, 0.05) is 35.1 Å². The molecular weight excluding hydrogens is 382 g/mol. The van der Waals surface area contributed by atoms with Gasteiger partial charge in [0.05, 0.1) is 18.4 Å². The number of aliphatic hydroxyl groups is 1. The molecule has 0 aliphatic carbocycles. The molecular formula is C19H17N3O5S. The van der Waals surface area contributed by atoms with Crippen LogP contribution in [0.25, 0.3) is 27.4 Å². The fourth-order valence-corrected chi connectivity index (χ4v) is 3.85. The smallest absolute Gasteiger partial charge is 0.345 e. The highest BCUT2D eigenvalue weighted by molar-refractivity contribution is 7.12. The van der Waals surface area contributed by atoms with E-state index in [1.54, 1.807) is 30.5 Å². The van der Waals surface area contributed by atoms with Crippen LogP contribution in [-0.4, -0.2) is 33.6 Å². The Bertz CT molecular complexity index is 1280. The predicted molar refractivity (Wildman–Crippen MR) is 106 cm³/mol. The third-order valence-corrected chi connectivity index (χ3v) is 5.28. The third-order valence-electron chi connectivity index (χ3n) is 4.46. The maximum absolute atomic E-state index is 12.5. The Labute approximate surface area is 162 Å². The highest BCUT2D eigenvalue weighted by Crippen LogP contribution is 2.28. The Kier molecular flexibility index (Phi) is 4.62. The van der Waals surface area contributed by atoms with Crippen LogP contribution in [0.15, 0.2) is 43.7 Å². The van der Waals surface area contributed by atoms with E-state index in [4.69, 9.17) is 14.3 Å². The first kappa shape index (κ1) is 18.2. The van der Waals surface area contributed by atoms with Crippen LogP contribution in [0.4, 0.5) is 0 Å². The topological polar surface area (TPSA) is 110 Å². The summed E-state index contributed by atoms with van der Waals surface area (Å²) in [5.74, 6) is 0.477. The van der Waals surface area contributed by atoms with E-state index in [2.05, 4.69) is 10.1 Å². The Hall–Kier alpha value is -3.17. The molecule has 0 aliphatic heterocycles. The van der Waals surface area contributed by atoms with E-state index >= 15 is 0 Å². The molecule has 4 aromatic rings. The Morgan fingerprint density at radius 2 is 2.18 bits per heavy atom. The van der Waals surface area contributed by atoms with Crippen molar-refractivity contribution >= 4 is 22.3 Å². The van der Waals surface area contributed by atoms with Gasteiger partial charge in [-0.25, -0.2) is 9.78 Å². The van der Waals surface area contributed by atoms with Gasteiger partial charge in [-0.3, -0.25) is 9.89 Å². The molecule has 9 heteroatoms. The quantitative estimate of drug-likeness (QED) is 0.498. The number of hydrogen-bond acceptors (Lipinski definition) is 7. The lowest BCUT2D eigenvalue weighted by Gasteiger charge is -2.04. The maximum atomic E-state index is 12.5. The number of methoxy groups -OCH3 is 1. The average Bonchev–Trinajstić information content (AvgIpc) is 3.27. The molecule has 0 aliphatic rings. The molecule has 1 aromatic carbocycles. The number of H-pyrrole nitrogens is 1. The zero-order valence-corrected chi connectivity index (χ0v) is 16.0. The largest absolute Gasteiger partial charge is 0.493 e. The molecule has 0 fully saturated rings. The van der Waals surface area contributed by atoms with Gasteiger partial charge in [-0.15, -0.1) is 11.3 Å². The lowest BCUT2D eigenvalue weighted by molar-refractivity contribution is 0.299. The van der Waals surface area contributed by atoms with E-state index in [1.807, 2.05) is 6.07 Å². The number of aryl methyl sites for hydroxylation is 1. The summed E-state index contributed by atoms with van der Waals surface area (Å²) in [7, 11) is 1.51. The average molecular weight is 399 g/mol. The number of nitrogens with one attached hydrogen (secondary N) is 1. The Balaban J connectivity index is 1.80. The number of thiazole rings is 1. The third kappa shape index (κ3) is 2.94. The van der Waals surface area contributed by atoms with E-state index in [-0.39, 0.29) is 18.6 Å². The van der Waals surface area contributed by atoms with Gasteiger partial charge in [0.2, 0.25) is 5.13 Å². The minimum absolute atomic E-state index is 0.112. The number of fused-ring (bicyclic) bond motifs is 1. The zero-order chi connectivity index (χ0) is 19.8. The zero-order valence-electron chi connectivity index (χ0n) is 15.2. The van der Waals surface area contributed by atoms with E-state index in [0.29, 0.717) is 44.4 Å². The van der Waals surface area contributed by atoms with Gasteiger partial charge < -0.3 is 14.3 Å². The molecule has 0 saturated carbocycles. The number of hydrogen-bond donors (Lipinski definition) is 2. The normalized spacial score (nSPS) is 11.2. The second-order valence-corrected chi connectivity index (χ2v) is 7.01.